The van der Waals surface area contributed by atoms with Crippen LogP contribution >= 0.6 is 0 Å². The number of nitrogens with two attached hydrogens (primary N) is 1. The van der Waals surface area contributed by atoms with Crippen LogP contribution in [-0.4, -0.2) is 9.55 Å². The Kier molecular flexibility index (Phi) is 2.80. The predicted octanol–water partition coefficient (Wildman–Crippen LogP) is 1.95. The van der Waals surface area contributed by atoms with Gasteiger partial charge in [0.15, 0.2) is 0 Å². The van der Waals surface area contributed by atoms with E-state index in [1.54, 1.807) is 6.33 Å². The van der Waals surface area contributed by atoms with Crippen LogP contribution in [0.3, 0.4) is 0 Å². The number of rotatable bonds is 3. The van der Waals surface area contributed by atoms with Crippen LogP contribution in [0.4, 0.5) is 0 Å². The monoisotopic (exact) mass is 243 g/mol. The molecule has 1 heterocycles. The molecule has 0 saturated heterocycles. The molecule has 0 bridgehead atoms. The average molecular weight is 243 g/mol. The van der Waals surface area contributed by atoms with Crippen molar-refractivity contribution in [3.63, 3.8) is 0 Å². The molecule has 1 aliphatic rings. The van der Waals surface area contributed by atoms with Crippen molar-refractivity contribution in [3.05, 3.63) is 47.5 Å². The highest BCUT2D eigenvalue weighted by atomic mass is 16.5. The topological polar surface area (TPSA) is 53.1 Å². The summed E-state index contributed by atoms with van der Waals surface area (Å²) in [5.74, 6) is 0.907. The van der Waals surface area contributed by atoms with Gasteiger partial charge in [-0.1, -0.05) is 6.07 Å². The molecule has 3 rings (SSSR count). The summed E-state index contributed by atoms with van der Waals surface area (Å²) in [4.78, 5) is 4.07. The summed E-state index contributed by atoms with van der Waals surface area (Å²) in [5.41, 5.74) is 9.67. The maximum Gasteiger partial charge on any atom is 0.130 e. The first-order valence-corrected chi connectivity index (χ1v) is 6.20. The van der Waals surface area contributed by atoms with E-state index in [-0.39, 0.29) is 6.04 Å². The summed E-state index contributed by atoms with van der Waals surface area (Å²) < 4.78 is 7.75. The van der Waals surface area contributed by atoms with Gasteiger partial charge in [0.05, 0.1) is 18.2 Å². The minimum atomic E-state index is 0.200. The molecule has 94 valence electrons. The van der Waals surface area contributed by atoms with Crippen LogP contribution < -0.4 is 10.5 Å². The van der Waals surface area contributed by atoms with Gasteiger partial charge >= 0.3 is 0 Å². The number of hydrogen-bond acceptors (Lipinski definition) is 3. The number of fused-ring (bicyclic) bond motifs is 1. The molecule has 0 amide bonds. The first-order valence-electron chi connectivity index (χ1n) is 6.20. The summed E-state index contributed by atoms with van der Waals surface area (Å²) in [5, 5.41) is 0. The van der Waals surface area contributed by atoms with Gasteiger partial charge in [0.2, 0.25) is 0 Å². The Bertz CT molecular complexity index is 562. The van der Waals surface area contributed by atoms with Crippen LogP contribution in [0.1, 0.15) is 29.3 Å². The fourth-order valence-corrected chi connectivity index (χ4v) is 2.40. The Balaban J connectivity index is 1.73. The molecule has 0 unspecified atom stereocenters. The van der Waals surface area contributed by atoms with Gasteiger partial charge in [-0.15, -0.1) is 0 Å². The lowest BCUT2D eigenvalue weighted by atomic mass is 10.1. The number of aromatic nitrogens is 2. The third kappa shape index (κ3) is 1.99. The van der Waals surface area contributed by atoms with Crippen molar-refractivity contribution in [2.24, 2.45) is 12.8 Å². The van der Waals surface area contributed by atoms with E-state index < -0.39 is 0 Å². The molecule has 0 fully saturated rings. The van der Waals surface area contributed by atoms with E-state index >= 15 is 0 Å². The van der Waals surface area contributed by atoms with Crippen molar-refractivity contribution in [1.82, 2.24) is 9.55 Å². The molecule has 4 nitrogen and oxygen atoms in total. The smallest absolute Gasteiger partial charge is 0.130 e. The second-order valence-corrected chi connectivity index (χ2v) is 4.79. The Morgan fingerprint density at radius 1 is 1.50 bits per heavy atom. The zero-order valence-corrected chi connectivity index (χ0v) is 10.5. The molecule has 1 aromatic carbocycles. The Labute approximate surface area is 106 Å². The lowest BCUT2D eigenvalue weighted by Gasteiger charge is -2.09. The van der Waals surface area contributed by atoms with Crippen LogP contribution in [0.25, 0.3) is 0 Å². The average Bonchev–Trinajstić information content (AvgIpc) is 2.94. The lowest BCUT2D eigenvalue weighted by Crippen LogP contribution is -2.05. The quantitative estimate of drug-likeness (QED) is 0.896. The van der Waals surface area contributed by atoms with E-state index in [2.05, 4.69) is 17.1 Å². The molecular weight excluding hydrogens is 226 g/mol. The number of nitrogens with zero attached hydrogens (tertiary/aromatic N) is 2. The number of aryl methyl sites for hydroxylation is 2. The van der Waals surface area contributed by atoms with Gasteiger partial charge in [0.1, 0.15) is 12.4 Å². The normalized spacial score (nSPS) is 17.8. The van der Waals surface area contributed by atoms with E-state index in [0.29, 0.717) is 6.61 Å². The Morgan fingerprint density at radius 3 is 3.17 bits per heavy atom. The second-order valence-electron chi connectivity index (χ2n) is 4.79. The number of ether oxygens (including phenoxy) is 1. The van der Waals surface area contributed by atoms with Gasteiger partial charge < -0.3 is 15.0 Å². The Hall–Kier alpha value is -1.81. The third-order valence-corrected chi connectivity index (χ3v) is 3.54. The number of hydrogen-bond donors (Lipinski definition) is 1. The van der Waals surface area contributed by atoms with Crippen LogP contribution in [0.5, 0.6) is 5.75 Å². The van der Waals surface area contributed by atoms with Crippen molar-refractivity contribution in [3.8, 4) is 5.75 Å². The van der Waals surface area contributed by atoms with Crippen LogP contribution in [0.15, 0.2) is 30.7 Å². The molecule has 18 heavy (non-hydrogen) atoms. The molecule has 1 aromatic heterocycles. The number of benzene rings is 1. The first kappa shape index (κ1) is 11.3. The molecule has 0 spiro atoms. The van der Waals surface area contributed by atoms with Crippen molar-refractivity contribution in [2.45, 2.75) is 25.5 Å². The molecule has 2 aromatic rings. The van der Waals surface area contributed by atoms with Gasteiger partial charge in [0, 0.05) is 13.1 Å². The van der Waals surface area contributed by atoms with Gasteiger partial charge in [-0.25, -0.2) is 4.98 Å². The van der Waals surface area contributed by atoms with E-state index in [1.807, 2.05) is 23.9 Å². The SMILES string of the molecule is Cn1cncc1COc1ccc2c(c1)CC[C@H]2N. The van der Waals surface area contributed by atoms with Crippen LogP contribution in [0, 0.1) is 0 Å². The lowest BCUT2D eigenvalue weighted by molar-refractivity contribution is 0.297. The van der Waals surface area contributed by atoms with Gasteiger partial charge in [-0.3, -0.25) is 0 Å². The van der Waals surface area contributed by atoms with E-state index in [0.717, 1.165) is 24.3 Å². The summed E-state index contributed by atoms with van der Waals surface area (Å²) in [6.07, 6.45) is 5.70. The predicted molar refractivity (Wildman–Crippen MR) is 69.2 cm³/mol. The van der Waals surface area contributed by atoms with Crippen molar-refractivity contribution in [1.29, 1.82) is 0 Å². The third-order valence-electron chi connectivity index (χ3n) is 3.54. The standard InChI is InChI=1S/C14H17N3O/c1-17-9-16-7-11(17)8-18-12-3-4-13-10(6-12)2-5-14(13)15/h3-4,6-7,9,14H,2,5,8,15H2,1H3/t14-/m1/s1. The van der Waals surface area contributed by atoms with Gasteiger partial charge in [-0.2, -0.15) is 0 Å². The van der Waals surface area contributed by atoms with Crippen molar-refractivity contribution >= 4 is 0 Å². The van der Waals surface area contributed by atoms with Gasteiger partial charge in [0.25, 0.3) is 0 Å². The summed E-state index contributed by atoms with van der Waals surface area (Å²) in [6, 6.07) is 6.40. The second kappa shape index (κ2) is 4.46. The highest BCUT2D eigenvalue weighted by Crippen LogP contribution is 2.31. The van der Waals surface area contributed by atoms with Crippen molar-refractivity contribution < 1.29 is 4.74 Å². The highest BCUT2D eigenvalue weighted by Gasteiger charge is 2.19. The minimum absolute atomic E-state index is 0.200. The maximum atomic E-state index is 6.01. The molecule has 2 N–H and O–H groups in total. The largest absolute Gasteiger partial charge is 0.487 e. The summed E-state index contributed by atoms with van der Waals surface area (Å²) >= 11 is 0. The van der Waals surface area contributed by atoms with Gasteiger partial charge in [-0.05, 0) is 36.1 Å². The molecule has 4 heteroatoms. The molecule has 0 saturated carbocycles. The zero-order chi connectivity index (χ0) is 12.5. The summed E-state index contributed by atoms with van der Waals surface area (Å²) in [7, 11) is 1.97. The highest BCUT2D eigenvalue weighted by molar-refractivity contribution is 5.40. The zero-order valence-electron chi connectivity index (χ0n) is 10.5. The number of imidazole rings is 1. The minimum Gasteiger partial charge on any atom is -0.487 e. The molecular formula is C14H17N3O. The fraction of sp³-hybridized carbons (Fsp3) is 0.357. The maximum absolute atomic E-state index is 6.01. The van der Waals surface area contributed by atoms with E-state index in [1.165, 1.54) is 11.1 Å². The molecule has 1 aliphatic carbocycles. The summed E-state index contributed by atoms with van der Waals surface area (Å²) in [6.45, 7) is 0.543. The molecule has 1 atom stereocenters. The van der Waals surface area contributed by atoms with Crippen molar-refractivity contribution in [2.75, 3.05) is 0 Å². The molecule has 0 radical (unpaired) electrons. The first-order chi connectivity index (χ1) is 8.74. The van der Waals surface area contributed by atoms with E-state index in [9.17, 15) is 0 Å². The van der Waals surface area contributed by atoms with E-state index in [4.69, 9.17) is 10.5 Å². The molecule has 0 aliphatic heterocycles. The Morgan fingerprint density at radius 2 is 2.39 bits per heavy atom. The van der Waals surface area contributed by atoms with Crippen LogP contribution in [-0.2, 0) is 20.1 Å². The fourth-order valence-electron chi connectivity index (χ4n) is 2.40. The van der Waals surface area contributed by atoms with Crippen LogP contribution in [0.2, 0.25) is 0 Å².